The van der Waals surface area contributed by atoms with Gasteiger partial charge >= 0.3 is 0 Å². The fraction of sp³-hybridized carbons (Fsp3) is 0.500. The van der Waals surface area contributed by atoms with Gasteiger partial charge in [-0.1, -0.05) is 30.3 Å². The molecule has 27 heavy (non-hydrogen) atoms. The van der Waals surface area contributed by atoms with E-state index in [2.05, 4.69) is 46.5 Å². The van der Waals surface area contributed by atoms with Crippen LogP contribution in [0.5, 0.6) is 0 Å². The van der Waals surface area contributed by atoms with E-state index in [4.69, 9.17) is 9.73 Å². The third kappa shape index (κ3) is 7.14. The first-order chi connectivity index (χ1) is 12.8. The number of hydrogen-bond donors (Lipinski definition) is 1. The molecule has 0 aliphatic carbocycles. The van der Waals surface area contributed by atoms with Gasteiger partial charge in [0.1, 0.15) is 0 Å². The van der Waals surface area contributed by atoms with E-state index in [1.807, 2.05) is 23.0 Å². The highest BCUT2D eigenvalue weighted by atomic mass is 127. The summed E-state index contributed by atoms with van der Waals surface area (Å²) in [5.41, 5.74) is 1.23. The van der Waals surface area contributed by atoms with Crippen LogP contribution in [0.4, 0.5) is 0 Å². The maximum atomic E-state index is 5.92. The van der Waals surface area contributed by atoms with Crippen molar-refractivity contribution in [2.45, 2.75) is 26.5 Å². The van der Waals surface area contributed by atoms with Gasteiger partial charge in [-0.2, -0.15) is 5.10 Å². The molecule has 1 aliphatic rings. The fourth-order valence-corrected chi connectivity index (χ4v) is 3.20. The Kier molecular flexibility index (Phi) is 9.61. The molecule has 1 aromatic heterocycles. The zero-order valence-corrected chi connectivity index (χ0v) is 18.3. The van der Waals surface area contributed by atoms with Crippen LogP contribution in [0, 0.1) is 5.92 Å². The highest BCUT2D eigenvalue weighted by Crippen LogP contribution is 2.17. The van der Waals surface area contributed by atoms with Crippen LogP contribution in [0.25, 0.3) is 0 Å². The zero-order valence-electron chi connectivity index (χ0n) is 16.0. The van der Waals surface area contributed by atoms with Crippen molar-refractivity contribution in [3.8, 4) is 0 Å². The topological polar surface area (TPSA) is 54.7 Å². The minimum absolute atomic E-state index is 0. The van der Waals surface area contributed by atoms with Crippen LogP contribution in [-0.2, 0) is 17.9 Å². The first-order valence-electron chi connectivity index (χ1n) is 9.47. The molecule has 1 N–H and O–H groups in total. The van der Waals surface area contributed by atoms with Crippen LogP contribution >= 0.6 is 24.0 Å². The molecule has 7 heteroatoms. The van der Waals surface area contributed by atoms with Crippen molar-refractivity contribution in [1.82, 2.24) is 20.0 Å². The predicted octanol–water partition coefficient (Wildman–Crippen LogP) is 3.01. The van der Waals surface area contributed by atoms with E-state index in [1.165, 1.54) is 5.56 Å². The van der Waals surface area contributed by atoms with Crippen molar-refractivity contribution in [3.05, 3.63) is 54.4 Å². The molecular formula is C20H30IN5O. The summed E-state index contributed by atoms with van der Waals surface area (Å²) < 4.78 is 7.84. The van der Waals surface area contributed by atoms with Crippen molar-refractivity contribution < 1.29 is 4.74 Å². The van der Waals surface area contributed by atoms with Crippen molar-refractivity contribution in [2.24, 2.45) is 10.9 Å². The Morgan fingerprint density at radius 2 is 2.15 bits per heavy atom. The summed E-state index contributed by atoms with van der Waals surface area (Å²) in [5, 5.41) is 7.64. The van der Waals surface area contributed by atoms with Gasteiger partial charge in [-0.05, 0) is 25.0 Å². The van der Waals surface area contributed by atoms with Crippen molar-refractivity contribution in [1.29, 1.82) is 0 Å². The van der Waals surface area contributed by atoms with E-state index < -0.39 is 0 Å². The molecule has 0 radical (unpaired) electrons. The van der Waals surface area contributed by atoms with E-state index in [-0.39, 0.29) is 24.0 Å². The second kappa shape index (κ2) is 12.0. The number of aliphatic imine (C=N–C) groups is 1. The lowest BCUT2D eigenvalue weighted by Gasteiger charge is -2.21. The SMILES string of the molecule is CCNC(=NCCn1cccn1)N1CCC(COCc2ccccc2)C1.I. The molecule has 1 aromatic carbocycles. The second-order valence-electron chi connectivity index (χ2n) is 6.61. The molecule has 1 aliphatic heterocycles. The maximum Gasteiger partial charge on any atom is 0.193 e. The third-order valence-electron chi connectivity index (χ3n) is 4.54. The van der Waals surface area contributed by atoms with E-state index in [1.54, 1.807) is 6.20 Å². The fourth-order valence-electron chi connectivity index (χ4n) is 3.20. The summed E-state index contributed by atoms with van der Waals surface area (Å²) in [4.78, 5) is 7.11. The Bertz CT molecular complexity index is 662. The Morgan fingerprint density at radius 1 is 1.30 bits per heavy atom. The number of halogens is 1. The maximum absolute atomic E-state index is 5.92. The zero-order chi connectivity index (χ0) is 18.0. The van der Waals surface area contributed by atoms with Gasteiger partial charge in [-0.25, -0.2) is 0 Å². The van der Waals surface area contributed by atoms with E-state index in [0.29, 0.717) is 12.5 Å². The normalized spacial score (nSPS) is 17.0. The number of hydrogen-bond acceptors (Lipinski definition) is 3. The summed E-state index contributed by atoms with van der Waals surface area (Å²) >= 11 is 0. The number of rotatable bonds is 8. The molecule has 2 heterocycles. The summed E-state index contributed by atoms with van der Waals surface area (Å²) in [7, 11) is 0. The smallest absolute Gasteiger partial charge is 0.193 e. The van der Waals surface area contributed by atoms with Crippen LogP contribution in [0.15, 0.2) is 53.8 Å². The Morgan fingerprint density at radius 3 is 2.89 bits per heavy atom. The van der Waals surface area contributed by atoms with Crippen LogP contribution < -0.4 is 5.32 Å². The Labute approximate surface area is 179 Å². The molecule has 0 amide bonds. The van der Waals surface area contributed by atoms with Gasteiger partial charge in [0, 0.05) is 37.9 Å². The van der Waals surface area contributed by atoms with E-state index in [9.17, 15) is 0 Å². The average molecular weight is 483 g/mol. The monoisotopic (exact) mass is 483 g/mol. The van der Waals surface area contributed by atoms with Crippen molar-refractivity contribution >= 4 is 29.9 Å². The highest BCUT2D eigenvalue weighted by Gasteiger charge is 2.24. The number of likely N-dealkylation sites (tertiary alicyclic amines) is 1. The number of nitrogens with zero attached hydrogens (tertiary/aromatic N) is 4. The van der Waals surface area contributed by atoms with Gasteiger partial charge in [0.05, 0.1) is 26.3 Å². The standard InChI is InChI=1S/C20H29N5O.HI/c1-2-21-20(22-11-14-25-12-6-10-23-25)24-13-9-19(15-24)17-26-16-18-7-4-3-5-8-18;/h3-8,10,12,19H,2,9,11,13-17H2,1H3,(H,21,22);1H. The van der Waals surface area contributed by atoms with Gasteiger partial charge in [0.25, 0.3) is 0 Å². The minimum Gasteiger partial charge on any atom is -0.376 e. The predicted molar refractivity (Wildman–Crippen MR) is 119 cm³/mol. The molecular weight excluding hydrogens is 453 g/mol. The molecule has 148 valence electrons. The van der Waals surface area contributed by atoms with Gasteiger partial charge in [-0.15, -0.1) is 24.0 Å². The summed E-state index contributed by atoms with van der Waals surface area (Å²) in [6, 6.07) is 12.3. The molecule has 0 bridgehead atoms. The first kappa shape index (κ1) is 21.7. The molecule has 1 fully saturated rings. The average Bonchev–Trinajstić information content (AvgIpc) is 3.34. The van der Waals surface area contributed by atoms with Gasteiger partial charge in [0.15, 0.2) is 5.96 Å². The lowest BCUT2D eigenvalue weighted by molar-refractivity contribution is 0.0906. The van der Waals surface area contributed by atoms with E-state index in [0.717, 1.165) is 51.7 Å². The first-order valence-corrected chi connectivity index (χ1v) is 9.47. The minimum atomic E-state index is 0. The number of aromatic nitrogens is 2. The van der Waals surface area contributed by atoms with Crippen molar-refractivity contribution in [2.75, 3.05) is 32.8 Å². The lowest BCUT2D eigenvalue weighted by Crippen LogP contribution is -2.40. The van der Waals surface area contributed by atoms with Gasteiger partial charge < -0.3 is 15.0 Å². The number of guanidine groups is 1. The highest BCUT2D eigenvalue weighted by molar-refractivity contribution is 14.0. The lowest BCUT2D eigenvalue weighted by atomic mass is 10.1. The number of nitrogens with one attached hydrogen (secondary N) is 1. The largest absolute Gasteiger partial charge is 0.376 e. The van der Waals surface area contributed by atoms with Crippen LogP contribution in [-0.4, -0.2) is 53.4 Å². The van der Waals surface area contributed by atoms with E-state index >= 15 is 0 Å². The third-order valence-corrected chi connectivity index (χ3v) is 4.54. The Hall–Kier alpha value is -1.61. The summed E-state index contributed by atoms with van der Waals surface area (Å²) in [6.07, 6.45) is 4.92. The number of benzene rings is 1. The van der Waals surface area contributed by atoms with Crippen LogP contribution in [0.3, 0.4) is 0 Å². The molecule has 1 atom stereocenters. The molecule has 0 spiro atoms. The van der Waals surface area contributed by atoms with Crippen LogP contribution in [0.1, 0.15) is 18.9 Å². The molecule has 2 aromatic rings. The van der Waals surface area contributed by atoms with Crippen LogP contribution in [0.2, 0.25) is 0 Å². The molecule has 1 unspecified atom stereocenters. The Balaban J connectivity index is 0.00000261. The molecule has 3 rings (SSSR count). The van der Waals surface area contributed by atoms with Gasteiger partial charge in [0.2, 0.25) is 0 Å². The quantitative estimate of drug-likeness (QED) is 0.357. The second-order valence-corrected chi connectivity index (χ2v) is 6.61. The molecule has 1 saturated heterocycles. The van der Waals surface area contributed by atoms with Gasteiger partial charge in [-0.3, -0.25) is 9.67 Å². The van der Waals surface area contributed by atoms with Crippen molar-refractivity contribution in [3.63, 3.8) is 0 Å². The summed E-state index contributed by atoms with van der Waals surface area (Å²) in [6.45, 7) is 8.06. The molecule has 6 nitrogen and oxygen atoms in total. The number of ether oxygens (including phenoxy) is 1. The molecule has 0 saturated carbocycles. The summed E-state index contributed by atoms with van der Waals surface area (Å²) in [5.74, 6) is 1.57.